The third-order valence-corrected chi connectivity index (χ3v) is 8.46. The van der Waals surface area contributed by atoms with E-state index in [2.05, 4.69) is 33.8 Å². The monoisotopic (exact) mass is 618 g/mol. The van der Waals surface area contributed by atoms with Gasteiger partial charge < -0.3 is 34.5 Å². The Balaban J connectivity index is 1.10. The highest BCUT2D eigenvalue weighted by molar-refractivity contribution is 5.96. The van der Waals surface area contributed by atoms with Crippen LogP contribution >= 0.6 is 0 Å². The molecule has 2 aliphatic heterocycles. The molecule has 0 saturated carbocycles. The first-order valence-electron chi connectivity index (χ1n) is 16.0. The van der Waals surface area contributed by atoms with Crippen LogP contribution in [0, 0.1) is 5.92 Å². The van der Waals surface area contributed by atoms with E-state index in [1.807, 2.05) is 53.4 Å². The number of likely N-dealkylation sites (tertiary alicyclic amines) is 1. The fourth-order valence-electron chi connectivity index (χ4n) is 6.20. The van der Waals surface area contributed by atoms with Gasteiger partial charge in [0.25, 0.3) is 0 Å². The van der Waals surface area contributed by atoms with E-state index in [4.69, 9.17) is 18.9 Å². The summed E-state index contributed by atoms with van der Waals surface area (Å²) in [5.41, 5.74) is 1.85. The van der Waals surface area contributed by atoms with Gasteiger partial charge in [-0.05, 0) is 67.8 Å². The number of carbonyl (C=O) groups excluding carboxylic acids is 2. The third-order valence-electron chi connectivity index (χ3n) is 8.46. The van der Waals surface area contributed by atoms with Crippen LogP contribution in [0.15, 0.2) is 72.5 Å². The summed E-state index contributed by atoms with van der Waals surface area (Å²) in [7, 11) is 1.66. The van der Waals surface area contributed by atoms with Crippen molar-refractivity contribution >= 4 is 17.5 Å². The number of anilines is 1. The Bertz CT molecular complexity index is 1330. The number of ether oxygens (including phenoxy) is 4. The maximum atomic E-state index is 13.0. The van der Waals surface area contributed by atoms with Crippen molar-refractivity contribution in [1.82, 2.24) is 15.5 Å². The molecule has 2 unspecified atom stereocenters. The van der Waals surface area contributed by atoms with Crippen LogP contribution in [0.1, 0.15) is 31.7 Å². The van der Waals surface area contributed by atoms with Crippen molar-refractivity contribution in [3.05, 3.63) is 78.1 Å². The summed E-state index contributed by atoms with van der Waals surface area (Å²) in [6.45, 7) is 6.92. The predicted molar refractivity (Wildman–Crippen MR) is 173 cm³/mol. The third kappa shape index (κ3) is 9.09. The van der Waals surface area contributed by atoms with Crippen LogP contribution in [0.5, 0.6) is 11.5 Å². The van der Waals surface area contributed by atoms with Gasteiger partial charge in [0.05, 0.1) is 39.5 Å². The number of hydrogen-bond acceptors (Lipinski definition) is 8. The highest BCUT2D eigenvalue weighted by Gasteiger charge is 2.32. The van der Waals surface area contributed by atoms with E-state index in [1.165, 1.54) is 0 Å². The molecule has 2 amide bonds. The Morgan fingerprint density at radius 3 is 2.76 bits per heavy atom. The fourth-order valence-corrected chi connectivity index (χ4v) is 6.20. The minimum absolute atomic E-state index is 0.00351. The molecule has 5 rings (SSSR count). The summed E-state index contributed by atoms with van der Waals surface area (Å²) < 4.78 is 23.4. The van der Waals surface area contributed by atoms with Gasteiger partial charge in [0.1, 0.15) is 23.9 Å². The highest BCUT2D eigenvalue weighted by Crippen LogP contribution is 2.31. The van der Waals surface area contributed by atoms with Crippen LogP contribution in [-0.4, -0.2) is 88.5 Å². The second-order valence-corrected chi connectivity index (χ2v) is 11.7. The van der Waals surface area contributed by atoms with Crippen LogP contribution in [0.4, 0.5) is 5.69 Å². The van der Waals surface area contributed by atoms with Gasteiger partial charge in [-0.1, -0.05) is 24.3 Å². The molecule has 0 bridgehead atoms. The van der Waals surface area contributed by atoms with E-state index in [1.54, 1.807) is 14.0 Å². The van der Waals surface area contributed by atoms with Crippen molar-refractivity contribution in [1.29, 1.82) is 0 Å². The zero-order valence-corrected chi connectivity index (χ0v) is 26.4. The van der Waals surface area contributed by atoms with Crippen LogP contribution in [0.25, 0.3) is 0 Å². The summed E-state index contributed by atoms with van der Waals surface area (Å²) in [6, 6.07) is 15.6. The number of nitrogens with one attached hydrogen (secondary N) is 2. The number of piperazine rings is 1. The van der Waals surface area contributed by atoms with E-state index in [9.17, 15) is 9.59 Å². The molecule has 3 aliphatic rings. The summed E-state index contributed by atoms with van der Waals surface area (Å²) in [5.74, 6) is 2.87. The van der Waals surface area contributed by atoms with Gasteiger partial charge in [-0.25, -0.2) is 0 Å². The van der Waals surface area contributed by atoms with Gasteiger partial charge in [-0.15, -0.1) is 0 Å². The van der Waals surface area contributed by atoms with E-state index in [-0.39, 0.29) is 23.9 Å². The first-order chi connectivity index (χ1) is 22.0. The maximum Gasteiger partial charge on any atom is 0.241 e. The zero-order valence-electron chi connectivity index (χ0n) is 26.4. The number of nitrogens with zero attached hydrogens (tertiary/aromatic N) is 2. The molecule has 2 heterocycles. The molecule has 0 radical (unpaired) electrons. The molecule has 242 valence electrons. The van der Waals surface area contributed by atoms with Crippen molar-refractivity contribution in [2.45, 2.75) is 44.9 Å². The van der Waals surface area contributed by atoms with Gasteiger partial charge in [0, 0.05) is 50.3 Å². The molecule has 0 spiro atoms. The van der Waals surface area contributed by atoms with Crippen molar-refractivity contribution < 1.29 is 28.5 Å². The molecule has 3 atom stereocenters. The summed E-state index contributed by atoms with van der Waals surface area (Å²) in [6.07, 6.45) is 9.56. The predicted octanol–water partition coefficient (Wildman–Crippen LogP) is 3.67. The van der Waals surface area contributed by atoms with Crippen molar-refractivity contribution in [2.75, 3.05) is 64.6 Å². The lowest BCUT2D eigenvalue weighted by Gasteiger charge is -2.41. The van der Waals surface area contributed by atoms with Crippen LogP contribution < -0.4 is 25.0 Å². The number of amides is 2. The Hall–Kier alpha value is -3.86. The zero-order chi connectivity index (χ0) is 31.4. The average molecular weight is 619 g/mol. The lowest BCUT2D eigenvalue weighted by Crippen LogP contribution is -2.57. The van der Waals surface area contributed by atoms with Crippen LogP contribution in [-0.2, 0) is 25.7 Å². The Morgan fingerprint density at radius 1 is 1.09 bits per heavy atom. The molecule has 45 heavy (non-hydrogen) atoms. The first-order valence-corrected chi connectivity index (χ1v) is 16.0. The average Bonchev–Trinajstić information content (AvgIpc) is 3.06. The van der Waals surface area contributed by atoms with E-state index < -0.39 is 0 Å². The molecule has 2 aromatic carbocycles. The fraction of sp³-hybridized carbons (Fsp3) is 0.486. The first kappa shape index (κ1) is 32.5. The number of rotatable bonds is 15. The summed E-state index contributed by atoms with van der Waals surface area (Å²) >= 11 is 0. The second-order valence-electron chi connectivity index (χ2n) is 11.7. The number of hydrogen-bond donors (Lipinski definition) is 2. The van der Waals surface area contributed by atoms with E-state index >= 15 is 0 Å². The summed E-state index contributed by atoms with van der Waals surface area (Å²) in [5, 5.41) is 6.14. The molecular formula is C35H46N4O6. The van der Waals surface area contributed by atoms with Crippen LogP contribution in [0.3, 0.4) is 0 Å². The van der Waals surface area contributed by atoms with E-state index in [0.29, 0.717) is 52.0 Å². The van der Waals surface area contributed by atoms with Gasteiger partial charge in [-0.2, -0.15) is 0 Å². The lowest BCUT2D eigenvalue weighted by atomic mass is 9.85. The molecule has 10 nitrogen and oxygen atoms in total. The molecule has 2 fully saturated rings. The molecular weight excluding hydrogens is 572 g/mol. The number of benzene rings is 2. The van der Waals surface area contributed by atoms with Crippen molar-refractivity contribution in [3.63, 3.8) is 0 Å². The minimum atomic E-state index is -0.146. The number of allylic oxidation sites excluding steroid dienone is 1. The maximum absolute atomic E-state index is 13.0. The number of piperidine rings is 1. The quantitative estimate of drug-likeness (QED) is 0.292. The van der Waals surface area contributed by atoms with Gasteiger partial charge in [0.15, 0.2) is 0 Å². The van der Waals surface area contributed by atoms with Crippen LogP contribution in [0.2, 0.25) is 0 Å². The Kier molecular flexibility index (Phi) is 11.9. The minimum Gasteiger partial charge on any atom is -0.496 e. The molecule has 2 saturated heterocycles. The topological polar surface area (TPSA) is 102 Å². The normalized spacial score (nSPS) is 21.6. The Morgan fingerprint density at radius 2 is 1.93 bits per heavy atom. The molecule has 0 aromatic heterocycles. The lowest BCUT2D eigenvalue weighted by molar-refractivity contribution is -0.120. The number of fused-ring (bicyclic) bond motifs is 1. The highest BCUT2D eigenvalue weighted by atomic mass is 16.5. The second kappa shape index (κ2) is 16.5. The summed E-state index contributed by atoms with van der Waals surface area (Å²) in [4.78, 5) is 28.6. The SMILES string of the molecule is COc1ccccc1COCCCOc1ccc(N2C(=O)CNC[C@@H]2COC2=CC3C(C=C2)CCCN3CCNC(C)=O)cc1. The largest absolute Gasteiger partial charge is 0.496 e. The van der Waals surface area contributed by atoms with Gasteiger partial charge in [-0.3, -0.25) is 14.5 Å². The van der Waals surface area contributed by atoms with E-state index in [0.717, 1.165) is 60.9 Å². The number of carbonyl (C=O) groups is 2. The molecule has 2 aromatic rings. The standard InChI is InChI=1S/C35H46N4O6/c1-26(40)37-16-18-38-17-5-8-27-10-13-32(21-33(27)38)45-25-30-22-36-23-35(41)39(30)29-11-14-31(15-12-29)44-20-6-19-43-24-28-7-3-4-9-34(28)42-2/h3-4,7,9-15,21,27,30,33,36H,5-6,8,16-20,22-25H2,1-2H3,(H,37,40)/t27?,30-,33?/m1/s1. The Labute approximate surface area is 266 Å². The number of methoxy groups -OCH3 is 1. The smallest absolute Gasteiger partial charge is 0.241 e. The molecule has 2 N–H and O–H groups in total. The number of para-hydroxylation sites is 1. The van der Waals surface area contributed by atoms with Crippen molar-refractivity contribution in [3.8, 4) is 11.5 Å². The molecule has 1 aliphatic carbocycles. The molecule has 10 heteroatoms. The van der Waals surface area contributed by atoms with Gasteiger partial charge >= 0.3 is 0 Å². The van der Waals surface area contributed by atoms with Gasteiger partial charge in [0.2, 0.25) is 11.8 Å². The van der Waals surface area contributed by atoms with Crippen molar-refractivity contribution in [2.24, 2.45) is 5.92 Å².